The minimum atomic E-state index is -1.22. The van der Waals surface area contributed by atoms with Crippen molar-refractivity contribution in [2.45, 2.75) is 13.3 Å². The van der Waals surface area contributed by atoms with Crippen LogP contribution in [0.2, 0.25) is 0 Å². The van der Waals surface area contributed by atoms with Gasteiger partial charge in [-0.1, -0.05) is 31.2 Å². The fourth-order valence-corrected chi connectivity index (χ4v) is 1.93. The van der Waals surface area contributed by atoms with Gasteiger partial charge in [0.2, 0.25) is 0 Å². The van der Waals surface area contributed by atoms with Crippen molar-refractivity contribution in [1.29, 1.82) is 0 Å². The molecule has 0 aromatic heterocycles. The number of benzene rings is 2. The molecule has 0 saturated heterocycles. The van der Waals surface area contributed by atoms with E-state index in [1.807, 2.05) is 6.92 Å². The molecule has 0 aliphatic heterocycles. The third-order valence-electron chi connectivity index (χ3n) is 3.22. The van der Waals surface area contributed by atoms with E-state index in [0.29, 0.717) is 0 Å². The predicted octanol–water partition coefficient (Wildman–Crippen LogP) is 5.16. The van der Waals surface area contributed by atoms with Crippen LogP contribution in [0, 0.1) is 5.82 Å². The van der Waals surface area contributed by atoms with Crippen LogP contribution in [0.15, 0.2) is 42.5 Å². The van der Waals surface area contributed by atoms with E-state index in [2.05, 4.69) is 0 Å². The van der Waals surface area contributed by atoms with Gasteiger partial charge in [0.15, 0.2) is 11.7 Å². The Balaban J connectivity index is 2.41. The molecule has 2 rings (SSSR count). The molecule has 4 heteroatoms. The Hall–Kier alpha value is -2.23. The van der Waals surface area contributed by atoms with Crippen LogP contribution < -0.4 is 4.74 Å². The van der Waals surface area contributed by atoms with Gasteiger partial charge >= 0.3 is 0 Å². The number of hydrogen-bond donors (Lipinski definition) is 0. The van der Waals surface area contributed by atoms with Crippen molar-refractivity contribution in [3.8, 4) is 5.75 Å². The number of halogens is 3. The molecule has 0 spiro atoms. The molecule has 0 aliphatic carbocycles. The molecule has 0 aliphatic rings. The fraction of sp³-hybridized carbons (Fsp3) is 0.176. The summed E-state index contributed by atoms with van der Waals surface area (Å²) >= 11 is 0. The molecule has 0 fully saturated rings. The molecular weight excluding hydrogens is 277 g/mol. The van der Waals surface area contributed by atoms with E-state index in [-0.39, 0.29) is 11.3 Å². The second-order valence-electron chi connectivity index (χ2n) is 4.52. The van der Waals surface area contributed by atoms with E-state index >= 15 is 0 Å². The molecule has 0 N–H and O–H groups in total. The highest BCUT2D eigenvalue weighted by Crippen LogP contribution is 2.31. The smallest absolute Gasteiger partial charge is 0.169 e. The molecular formula is C17H15F3O. The van der Waals surface area contributed by atoms with Gasteiger partial charge in [-0.25, -0.2) is 13.2 Å². The normalized spacial score (nSPS) is 12.0. The van der Waals surface area contributed by atoms with E-state index in [4.69, 9.17) is 4.74 Å². The SMILES string of the molecule is CCc1ccc(/C(F)=C(\F)c2ccc(OC)cc2F)cc1. The van der Waals surface area contributed by atoms with E-state index in [9.17, 15) is 13.2 Å². The lowest BCUT2D eigenvalue weighted by Gasteiger charge is -2.06. The summed E-state index contributed by atoms with van der Waals surface area (Å²) in [5.41, 5.74) is 0.676. The molecule has 0 unspecified atom stereocenters. The van der Waals surface area contributed by atoms with E-state index in [1.165, 1.54) is 25.3 Å². The largest absolute Gasteiger partial charge is 0.497 e. The summed E-state index contributed by atoms with van der Waals surface area (Å²) in [5, 5.41) is 0. The van der Waals surface area contributed by atoms with Crippen molar-refractivity contribution in [2.24, 2.45) is 0 Å². The van der Waals surface area contributed by atoms with Gasteiger partial charge in [0, 0.05) is 17.2 Å². The maximum absolute atomic E-state index is 14.1. The lowest BCUT2D eigenvalue weighted by Crippen LogP contribution is -1.91. The molecule has 2 aromatic carbocycles. The van der Waals surface area contributed by atoms with Gasteiger partial charge in [-0.15, -0.1) is 0 Å². The van der Waals surface area contributed by atoms with Crippen molar-refractivity contribution < 1.29 is 17.9 Å². The molecule has 1 nitrogen and oxygen atoms in total. The van der Waals surface area contributed by atoms with Gasteiger partial charge in [0.1, 0.15) is 11.6 Å². The molecule has 2 aromatic rings. The Kier molecular flexibility index (Phi) is 4.68. The van der Waals surface area contributed by atoms with Gasteiger partial charge in [-0.05, 0) is 24.1 Å². The average Bonchev–Trinajstić information content (AvgIpc) is 2.53. The lowest BCUT2D eigenvalue weighted by molar-refractivity contribution is 0.411. The molecule has 21 heavy (non-hydrogen) atoms. The van der Waals surface area contributed by atoms with Crippen LogP contribution in [0.1, 0.15) is 23.6 Å². The second-order valence-corrected chi connectivity index (χ2v) is 4.52. The number of ether oxygens (including phenoxy) is 1. The molecule has 0 heterocycles. The summed E-state index contributed by atoms with van der Waals surface area (Å²) < 4.78 is 46.8. The summed E-state index contributed by atoms with van der Waals surface area (Å²) in [7, 11) is 1.37. The maximum Gasteiger partial charge on any atom is 0.169 e. The van der Waals surface area contributed by atoms with Crippen molar-refractivity contribution >= 4 is 11.7 Å². The molecule has 0 bridgehead atoms. The maximum atomic E-state index is 14.1. The Morgan fingerprint density at radius 3 is 2.19 bits per heavy atom. The first-order valence-corrected chi connectivity index (χ1v) is 6.55. The van der Waals surface area contributed by atoms with Crippen molar-refractivity contribution in [2.75, 3.05) is 7.11 Å². The third-order valence-corrected chi connectivity index (χ3v) is 3.22. The first kappa shape index (κ1) is 15.2. The Bertz CT molecular complexity index is 660. The van der Waals surface area contributed by atoms with Crippen LogP contribution in [0.25, 0.3) is 11.7 Å². The van der Waals surface area contributed by atoms with Crippen LogP contribution in [-0.4, -0.2) is 7.11 Å². The van der Waals surface area contributed by atoms with E-state index in [1.54, 1.807) is 12.1 Å². The first-order chi connectivity index (χ1) is 10.1. The monoisotopic (exact) mass is 292 g/mol. The number of methoxy groups -OCH3 is 1. The molecule has 0 amide bonds. The van der Waals surface area contributed by atoms with E-state index < -0.39 is 23.0 Å². The fourth-order valence-electron chi connectivity index (χ4n) is 1.93. The van der Waals surface area contributed by atoms with E-state index in [0.717, 1.165) is 24.1 Å². The standard InChI is InChI=1S/C17H15F3O/c1-3-11-4-6-12(7-5-11)16(19)17(20)14-9-8-13(21-2)10-15(14)18/h4-10H,3H2,1-2H3/b17-16+. The highest BCUT2D eigenvalue weighted by molar-refractivity contribution is 5.83. The zero-order valence-corrected chi connectivity index (χ0v) is 11.8. The Morgan fingerprint density at radius 1 is 1.00 bits per heavy atom. The summed E-state index contributed by atoms with van der Waals surface area (Å²) in [6, 6.07) is 9.95. The predicted molar refractivity (Wildman–Crippen MR) is 77.8 cm³/mol. The summed E-state index contributed by atoms with van der Waals surface area (Å²) in [6.45, 7) is 1.97. The molecule has 0 saturated carbocycles. The minimum Gasteiger partial charge on any atom is -0.497 e. The Morgan fingerprint density at radius 2 is 1.67 bits per heavy atom. The van der Waals surface area contributed by atoms with Crippen LogP contribution in [0.5, 0.6) is 5.75 Å². The summed E-state index contributed by atoms with van der Waals surface area (Å²) in [5.74, 6) is -2.93. The summed E-state index contributed by atoms with van der Waals surface area (Å²) in [6.07, 6.45) is 0.807. The average molecular weight is 292 g/mol. The van der Waals surface area contributed by atoms with Crippen molar-refractivity contribution in [3.63, 3.8) is 0 Å². The topological polar surface area (TPSA) is 9.23 Å². The lowest BCUT2D eigenvalue weighted by atomic mass is 10.1. The summed E-state index contributed by atoms with van der Waals surface area (Å²) in [4.78, 5) is 0. The Labute approximate surface area is 121 Å². The number of rotatable bonds is 4. The van der Waals surface area contributed by atoms with Crippen LogP contribution in [0.3, 0.4) is 0 Å². The van der Waals surface area contributed by atoms with Gasteiger partial charge in [-0.2, -0.15) is 0 Å². The zero-order chi connectivity index (χ0) is 15.4. The van der Waals surface area contributed by atoms with Gasteiger partial charge in [-0.3, -0.25) is 0 Å². The third kappa shape index (κ3) is 3.27. The van der Waals surface area contributed by atoms with Crippen molar-refractivity contribution in [1.82, 2.24) is 0 Å². The molecule has 0 radical (unpaired) electrons. The highest BCUT2D eigenvalue weighted by atomic mass is 19.2. The molecule has 0 atom stereocenters. The second kappa shape index (κ2) is 6.48. The van der Waals surface area contributed by atoms with Crippen LogP contribution >= 0.6 is 0 Å². The van der Waals surface area contributed by atoms with Crippen molar-refractivity contribution in [3.05, 3.63) is 65.0 Å². The minimum absolute atomic E-state index is 0.0833. The van der Waals surface area contributed by atoms with Crippen LogP contribution in [-0.2, 0) is 6.42 Å². The number of aryl methyl sites for hydroxylation is 1. The van der Waals surface area contributed by atoms with Crippen LogP contribution in [0.4, 0.5) is 13.2 Å². The van der Waals surface area contributed by atoms with Gasteiger partial charge < -0.3 is 4.74 Å². The number of hydrogen-bond acceptors (Lipinski definition) is 1. The highest BCUT2D eigenvalue weighted by Gasteiger charge is 2.15. The van der Waals surface area contributed by atoms with Gasteiger partial charge in [0.05, 0.1) is 7.11 Å². The quantitative estimate of drug-likeness (QED) is 0.707. The molecule has 110 valence electrons. The first-order valence-electron chi connectivity index (χ1n) is 6.55. The zero-order valence-electron chi connectivity index (χ0n) is 11.8. The van der Waals surface area contributed by atoms with Gasteiger partial charge in [0.25, 0.3) is 0 Å².